The minimum atomic E-state index is -0.119. The van der Waals surface area contributed by atoms with Gasteiger partial charge in [-0.25, -0.2) is 4.68 Å². The summed E-state index contributed by atoms with van der Waals surface area (Å²) in [5, 5.41) is 10.1. The van der Waals surface area contributed by atoms with Gasteiger partial charge in [-0.2, -0.15) is 0 Å². The number of carbonyl (C=O) groups is 1. The van der Waals surface area contributed by atoms with Crippen LogP contribution in [0.2, 0.25) is 0 Å². The number of amides is 1. The maximum Gasteiger partial charge on any atom is 0.246 e. The van der Waals surface area contributed by atoms with Gasteiger partial charge in [-0.05, 0) is 12.1 Å². The fraction of sp³-hybridized carbons (Fsp3) is 0.100. The molecule has 1 N–H and O–H groups in total. The molecule has 5 heteroatoms. The number of hydrogen-bond acceptors (Lipinski definition) is 3. The van der Waals surface area contributed by atoms with Gasteiger partial charge in [0.2, 0.25) is 5.91 Å². The Morgan fingerprint density at radius 1 is 1.33 bits per heavy atom. The van der Waals surface area contributed by atoms with E-state index in [1.807, 2.05) is 30.3 Å². The Morgan fingerprint density at radius 2 is 2.13 bits per heavy atom. The van der Waals surface area contributed by atoms with E-state index in [1.54, 1.807) is 6.20 Å². The summed E-state index contributed by atoms with van der Waals surface area (Å²) in [7, 11) is 0. The number of hydrogen-bond donors (Lipinski definition) is 1. The van der Waals surface area contributed by atoms with E-state index >= 15 is 0 Å². The topological polar surface area (TPSA) is 59.8 Å². The van der Waals surface area contributed by atoms with Gasteiger partial charge >= 0.3 is 0 Å². The summed E-state index contributed by atoms with van der Waals surface area (Å²) in [6.45, 7) is 0.175. The number of benzene rings is 1. The van der Waals surface area contributed by atoms with E-state index in [2.05, 4.69) is 15.6 Å². The molecule has 0 saturated heterocycles. The van der Waals surface area contributed by atoms with Gasteiger partial charge in [0, 0.05) is 11.9 Å². The van der Waals surface area contributed by atoms with Crippen LogP contribution in [0.4, 0.5) is 5.69 Å². The molecule has 0 bridgehead atoms. The van der Waals surface area contributed by atoms with Crippen LogP contribution in [0.25, 0.3) is 0 Å². The summed E-state index contributed by atoms with van der Waals surface area (Å²) < 4.78 is 1.47. The molecule has 2 aromatic rings. The third kappa shape index (κ3) is 2.63. The molecule has 2 rings (SSSR count). The van der Waals surface area contributed by atoms with Crippen molar-refractivity contribution in [1.82, 2.24) is 15.0 Å². The molecule has 0 atom stereocenters. The molecular formula is C10H10N4O. The van der Waals surface area contributed by atoms with Crippen LogP contribution in [0.15, 0.2) is 42.7 Å². The summed E-state index contributed by atoms with van der Waals surface area (Å²) in [6, 6.07) is 9.29. The third-order valence-electron chi connectivity index (χ3n) is 1.84. The van der Waals surface area contributed by atoms with Gasteiger partial charge in [0.25, 0.3) is 0 Å². The van der Waals surface area contributed by atoms with E-state index in [9.17, 15) is 4.79 Å². The minimum absolute atomic E-state index is 0.119. The normalized spacial score (nSPS) is 9.87. The average Bonchev–Trinajstić information content (AvgIpc) is 2.71. The smallest absolute Gasteiger partial charge is 0.246 e. The second kappa shape index (κ2) is 4.36. The lowest BCUT2D eigenvalue weighted by Crippen LogP contribution is -2.19. The number of anilines is 1. The quantitative estimate of drug-likeness (QED) is 0.805. The van der Waals surface area contributed by atoms with Gasteiger partial charge in [-0.3, -0.25) is 4.79 Å². The van der Waals surface area contributed by atoms with Crippen molar-refractivity contribution in [2.75, 3.05) is 5.32 Å². The highest BCUT2D eigenvalue weighted by Crippen LogP contribution is 2.04. The Kier molecular flexibility index (Phi) is 2.73. The summed E-state index contributed by atoms with van der Waals surface area (Å²) in [5.74, 6) is -0.119. The monoisotopic (exact) mass is 202 g/mol. The Labute approximate surface area is 86.7 Å². The zero-order valence-corrected chi connectivity index (χ0v) is 8.00. The molecule has 1 heterocycles. The fourth-order valence-corrected chi connectivity index (χ4v) is 1.19. The molecule has 5 nitrogen and oxygen atoms in total. The van der Waals surface area contributed by atoms with Crippen LogP contribution in [0, 0.1) is 0 Å². The zero-order chi connectivity index (χ0) is 10.5. The molecule has 0 aliphatic rings. The van der Waals surface area contributed by atoms with Crippen molar-refractivity contribution in [3.63, 3.8) is 0 Å². The SMILES string of the molecule is O=C(Cn1ccnn1)Nc1ccccc1. The number of rotatable bonds is 3. The first kappa shape index (κ1) is 9.39. The van der Waals surface area contributed by atoms with Crippen molar-refractivity contribution in [3.05, 3.63) is 42.7 Å². The van der Waals surface area contributed by atoms with Gasteiger partial charge in [-0.1, -0.05) is 23.4 Å². The number of para-hydroxylation sites is 1. The lowest BCUT2D eigenvalue weighted by atomic mass is 10.3. The van der Waals surface area contributed by atoms with Crippen LogP contribution >= 0.6 is 0 Å². The van der Waals surface area contributed by atoms with Gasteiger partial charge in [-0.15, -0.1) is 5.10 Å². The maximum absolute atomic E-state index is 11.5. The minimum Gasteiger partial charge on any atom is -0.324 e. The molecule has 1 amide bonds. The molecule has 0 spiro atoms. The van der Waals surface area contributed by atoms with Crippen molar-refractivity contribution in [2.45, 2.75) is 6.54 Å². The van der Waals surface area contributed by atoms with Crippen molar-refractivity contribution in [3.8, 4) is 0 Å². The van der Waals surface area contributed by atoms with E-state index < -0.39 is 0 Å². The Balaban J connectivity index is 1.94. The fourth-order valence-electron chi connectivity index (χ4n) is 1.19. The Hall–Kier alpha value is -2.17. The van der Waals surface area contributed by atoms with Crippen molar-refractivity contribution >= 4 is 11.6 Å². The predicted octanol–water partition coefficient (Wildman–Crippen LogP) is 0.917. The zero-order valence-electron chi connectivity index (χ0n) is 8.00. The second-order valence-corrected chi connectivity index (χ2v) is 3.01. The third-order valence-corrected chi connectivity index (χ3v) is 1.84. The first-order valence-corrected chi connectivity index (χ1v) is 4.53. The van der Waals surface area contributed by atoms with E-state index in [1.165, 1.54) is 10.9 Å². The number of nitrogens with one attached hydrogen (secondary N) is 1. The number of carbonyl (C=O) groups excluding carboxylic acids is 1. The van der Waals surface area contributed by atoms with Gasteiger partial charge in [0.15, 0.2) is 0 Å². The lowest BCUT2D eigenvalue weighted by Gasteiger charge is -2.03. The molecular weight excluding hydrogens is 192 g/mol. The lowest BCUT2D eigenvalue weighted by molar-refractivity contribution is -0.116. The molecule has 0 saturated carbocycles. The standard InChI is InChI=1S/C10H10N4O/c15-10(8-14-7-6-11-13-14)12-9-4-2-1-3-5-9/h1-7H,8H2,(H,12,15). The van der Waals surface area contributed by atoms with Crippen molar-refractivity contribution < 1.29 is 4.79 Å². The molecule has 76 valence electrons. The van der Waals surface area contributed by atoms with Gasteiger partial charge in [0.05, 0.1) is 6.20 Å². The Morgan fingerprint density at radius 3 is 2.80 bits per heavy atom. The molecule has 15 heavy (non-hydrogen) atoms. The summed E-state index contributed by atoms with van der Waals surface area (Å²) in [5.41, 5.74) is 0.780. The largest absolute Gasteiger partial charge is 0.324 e. The average molecular weight is 202 g/mol. The molecule has 1 aromatic heterocycles. The first-order chi connectivity index (χ1) is 7.34. The van der Waals surface area contributed by atoms with Crippen molar-refractivity contribution in [1.29, 1.82) is 0 Å². The van der Waals surface area contributed by atoms with Crippen LogP contribution in [-0.4, -0.2) is 20.9 Å². The molecule has 0 fully saturated rings. The van der Waals surface area contributed by atoms with Gasteiger partial charge < -0.3 is 5.32 Å². The highest BCUT2D eigenvalue weighted by atomic mass is 16.2. The summed E-state index contributed by atoms with van der Waals surface area (Å²) >= 11 is 0. The highest BCUT2D eigenvalue weighted by Gasteiger charge is 2.02. The Bertz CT molecular complexity index is 424. The van der Waals surface area contributed by atoms with Crippen LogP contribution in [-0.2, 0) is 11.3 Å². The van der Waals surface area contributed by atoms with E-state index in [4.69, 9.17) is 0 Å². The van der Waals surface area contributed by atoms with Crippen LogP contribution < -0.4 is 5.32 Å². The van der Waals surface area contributed by atoms with Crippen LogP contribution in [0.3, 0.4) is 0 Å². The van der Waals surface area contributed by atoms with Crippen LogP contribution in [0.5, 0.6) is 0 Å². The van der Waals surface area contributed by atoms with Crippen LogP contribution in [0.1, 0.15) is 0 Å². The van der Waals surface area contributed by atoms with E-state index in [0.717, 1.165) is 5.69 Å². The second-order valence-electron chi connectivity index (χ2n) is 3.01. The van der Waals surface area contributed by atoms with Crippen molar-refractivity contribution in [2.24, 2.45) is 0 Å². The first-order valence-electron chi connectivity index (χ1n) is 4.53. The number of aromatic nitrogens is 3. The molecule has 0 unspecified atom stereocenters. The molecule has 0 aliphatic carbocycles. The molecule has 1 aromatic carbocycles. The summed E-state index contributed by atoms with van der Waals surface area (Å²) in [6.07, 6.45) is 3.18. The van der Waals surface area contributed by atoms with Gasteiger partial charge in [0.1, 0.15) is 6.54 Å². The maximum atomic E-state index is 11.5. The van der Waals surface area contributed by atoms with E-state index in [0.29, 0.717) is 0 Å². The van der Waals surface area contributed by atoms with E-state index in [-0.39, 0.29) is 12.5 Å². The number of nitrogens with zero attached hydrogens (tertiary/aromatic N) is 3. The highest BCUT2D eigenvalue weighted by molar-refractivity contribution is 5.90. The predicted molar refractivity (Wildman–Crippen MR) is 55.1 cm³/mol. The molecule has 0 radical (unpaired) electrons. The summed E-state index contributed by atoms with van der Waals surface area (Å²) in [4.78, 5) is 11.5. The molecule has 0 aliphatic heterocycles.